The summed E-state index contributed by atoms with van der Waals surface area (Å²) in [6.45, 7) is 0. The number of terminal acetylenes is 1. The number of benzene rings is 1. The highest BCUT2D eigenvalue weighted by Gasteiger charge is 2.18. The Balaban J connectivity index is 2.74. The van der Waals surface area contributed by atoms with Crippen LogP contribution in [0.1, 0.15) is 30.7 Å². The zero-order valence-corrected chi connectivity index (χ0v) is 8.82. The van der Waals surface area contributed by atoms with Gasteiger partial charge in [0.2, 0.25) is 0 Å². The Morgan fingerprint density at radius 3 is 2.56 bits per heavy atom. The fourth-order valence-corrected chi connectivity index (χ4v) is 1.54. The van der Waals surface area contributed by atoms with Gasteiger partial charge in [-0.1, -0.05) is 12.1 Å². The molecule has 1 unspecified atom stereocenters. The number of unbranched alkanes of at least 4 members (excludes halogenated alkanes) is 1. The average molecular weight is 220 g/mol. The highest BCUT2D eigenvalue weighted by molar-refractivity contribution is 5.75. The van der Waals surface area contributed by atoms with Gasteiger partial charge in [-0.3, -0.25) is 4.79 Å². The van der Waals surface area contributed by atoms with Crippen LogP contribution in [0.25, 0.3) is 0 Å². The van der Waals surface area contributed by atoms with Gasteiger partial charge in [0, 0.05) is 6.42 Å². The molecule has 0 aliphatic carbocycles. The van der Waals surface area contributed by atoms with E-state index in [0.29, 0.717) is 24.8 Å². The van der Waals surface area contributed by atoms with Crippen molar-refractivity contribution in [2.75, 3.05) is 0 Å². The Kier molecular flexibility index (Phi) is 4.53. The second-order valence-electron chi connectivity index (χ2n) is 3.54. The van der Waals surface area contributed by atoms with Gasteiger partial charge < -0.3 is 5.11 Å². The minimum Gasteiger partial charge on any atom is -0.481 e. The van der Waals surface area contributed by atoms with E-state index in [4.69, 9.17) is 11.5 Å². The van der Waals surface area contributed by atoms with Crippen LogP contribution in [-0.4, -0.2) is 11.1 Å². The topological polar surface area (TPSA) is 37.3 Å². The summed E-state index contributed by atoms with van der Waals surface area (Å²) in [5.74, 6) is 0.603. The molecule has 0 aromatic heterocycles. The lowest BCUT2D eigenvalue weighted by Gasteiger charge is -2.11. The molecular weight excluding hydrogens is 207 g/mol. The second kappa shape index (κ2) is 5.92. The van der Waals surface area contributed by atoms with Gasteiger partial charge in [-0.05, 0) is 30.5 Å². The summed E-state index contributed by atoms with van der Waals surface area (Å²) in [4.78, 5) is 11.0. The van der Waals surface area contributed by atoms with Gasteiger partial charge >= 0.3 is 5.97 Å². The molecule has 1 aromatic carbocycles. The third-order valence-corrected chi connectivity index (χ3v) is 2.38. The molecule has 3 heteroatoms. The first-order chi connectivity index (χ1) is 7.65. The van der Waals surface area contributed by atoms with E-state index in [0.717, 1.165) is 0 Å². The maximum atomic E-state index is 12.7. The first kappa shape index (κ1) is 12.3. The first-order valence-electron chi connectivity index (χ1n) is 5.07. The van der Waals surface area contributed by atoms with E-state index in [1.807, 2.05) is 0 Å². The lowest BCUT2D eigenvalue weighted by Crippen LogP contribution is -2.11. The van der Waals surface area contributed by atoms with Crippen molar-refractivity contribution in [3.8, 4) is 12.3 Å². The molecule has 0 fully saturated rings. The fraction of sp³-hybridized carbons (Fsp3) is 0.308. The number of carbonyl (C=O) groups is 1. The van der Waals surface area contributed by atoms with Crippen LogP contribution >= 0.6 is 0 Å². The number of carboxylic acid groups (broad SMARTS) is 1. The molecule has 0 radical (unpaired) electrons. The Morgan fingerprint density at radius 1 is 1.44 bits per heavy atom. The second-order valence-corrected chi connectivity index (χ2v) is 3.54. The predicted molar refractivity (Wildman–Crippen MR) is 59.5 cm³/mol. The molecule has 0 heterocycles. The zero-order chi connectivity index (χ0) is 12.0. The van der Waals surface area contributed by atoms with Gasteiger partial charge in [-0.25, -0.2) is 4.39 Å². The molecule has 16 heavy (non-hydrogen) atoms. The van der Waals surface area contributed by atoms with Crippen LogP contribution in [0.2, 0.25) is 0 Å². The quantitative estimate of drug-likeness (QED) is 0.612. The standard InChI is InChI=1S/C13H13FO2/c1-2-3-4-5-12(13(15)16)10-6-8-11(14)9-7-10/h1,6-9,12H,3-5H2,(H,15,16). The van der Waals surface area contributed by atoms with E-state index in [-0.39, 0.29) is 5.82 Å². The minimum atomic E-state index is -0.899. The fourth-order valence-electron chi connectivity index (χ4n) is 1.54. The number of carboxylic acids is 1. The highest BCUT2D eigenvalue weighted by atomic mass is 19.1. The van der Waals surface area contributed by atoms with Crippen molar-refractivity contribution in [2.45, 2.75) is 25.2 Å². The van der Waals surface area contributed by atoms with Crippen LogP contribution in [-0.2, 0) is 4.79 Å². The maximum absolute atomic E-state index is 12.7. The molecule has 0 saturated heterocycles. The molecule has 0 bridgehead atoms. The van der Waals surface area contributed by atoms with Gasteiger partial charge in [-0.2, -0.15) is 0 Å². The van der Waals surface area contributed by atoms with E-state index in [2.05, 4.69) is 5.92 Å². The van der Waals surface area contributed by atoms with Crippen molar-refractivity contribution in [1.29, 1.82) is 0 Å². The normalized spacial score (nSPS) is 11.8. The minimum absolute atomic E-state index is 0.364. The SMILES string of the molecule is C#CCCCC(C(=O)O)c1ccc(F)cc1. The van der Waals surface area contributed by atoms with Crippen molar-refractivity contribution in [3.63, 3.8) is 0 Å². The third kappa shape index (κ3) is 3.39. The zero-order valence-electron chi connectivity index (χ0n) is 8.82. The van der Waals surface area contributed by atoms with Crippen molar-refractivity contribution >= 4 is 5.97 Å². The lowest BCUT2D eigenvalue weighted by molar-refractivity contribution is -0.139. The molecule has 0 saturated carbocycles. The Bertz CT molecular complexity index is 389. The summed E-state index contributed by atoms with van der Waals surface area (Å²) >= 11 is 0. The summed E-state index contributed by atoms with van der Waals surface area (Å²) < 4.78 is 12.7. The Morgan fingerprint density at radius 2 is 2.06 bits per heavy atom. The molecular formula is C13H13FO2. The molecule has 0 aliphatic rings. The molecule has 0 spiro atoms. The number of halogens is 1. The molecule has 0 aliphatic heterocycles. The summed E-state index contributed by atoms with van der Waals surface area (Å²) in [5, 5.41) is 9.05. The molecule has 2 nitrogen and oxygen atoms in total. The lowest BCUT2D eigenvalue weighted by atomic mass is 9.94. The van der Waals surface area contributed by atoms with Gasteiger partial charge in [0.05, 0.1) is 5.92 Å². The smallest absolute Gasteiger partial charge is 0.310 e. The molecule has 1 N–H and O–H groups in total. The monoisotopic (exact) mass is 220 g/mol. The number of hydrogen-bond donors (Lipinski definition) is 1. The largest absolute Gasteiger partial charge is 0.481 e. The van der Waals surface area contributed by atoms with E-state index >= 15 is 0 Å². The van der Waals surface area contributed by atoms with Crippen molar-refractivity contribution in [3.05, 3.63) is 35.6 Å². The van der Waals surface area contributed by atoms with Crippen molar-refractivity contribution in [1.82, 2.24) is 0 Å². The maximum Gasteiger partial charge on any atom is 0.310 e. The number of rotatable bonds is 5. The molecule has 0 amide bonds. The van der Waals surface area contributed by atoms with Gasteiger partial charge in [0.1, 0.15) is 5.82 Å². The Labute approximate surface area is 94.1 Å². The van der Waals surface area contributed by atoms with Gasteiger partial charge in [0.15, 0.2) is 0 Å². The van der Waals surface area contributed by atoms with Gasteiger partial charge in [0.25, 0.3) is 0 Å². The Hall–Kier alpha value is -1.82. The molecule has 1 atom stereocenters. The number of aliphatic carboxylic acids is 1. The van der Waals surface area contributed by atoms with Crippen LogP contribution in [0.3, 0.4) is 0 Å². The van der Waals surface area contributed by atoms with Crippen LogP contribution < -0.4 is 0 Å². The third-order valence-electron chi connectivity index (χ3n) is 2.38. The van der Waals surface area contributed by atoms with Crippen LogP contribution in [0, 0.1) is 18.2 Å². The van der Waals surface area contributed by atoms with Gasteiger partial charge in [-0.15, -0.1) is 12.3 Å². The average Bonchev–Trinajstić information content (AvgIpc) is 2.26. The summed E-state index contributed by atoms with van der Waals surface area (Å²) in [6, 6.07) is 5.55. The predicted octanol–water partition coefficient (Wildman–Crippen LogP) is 2.80. The van der Waals surface area contributed by atoms with Crippen molar-refractivity contribution in [2.24, 2.45) is 0 Å². The van der Waals surface area contributed by atoms with E-state index < -0.39 is 11.9 Å². The van der Waals surface area contributed by atoms with E-state index in [9.17, 15) is 9.18 Å². The summed E-state index contributed by atoms with van der Waals surface area (Å²) in [7, 11) is 0. The highest BCUT2D eigenvalue weighted by Crippen LogP contribution is 2.22. The van der Waals surface area contributed by atoms with E-state index in [1.165, 1.54) is 24.3 Å². The number of hydrogen-bond acceptors (Lipinski definition) is 1. The molecule has 1 aromatic rings. The van der Waals surface area contributed by atoms with Crippen molar-refractivity contribution < 1.29 is 14.3 Å². The van der Waals surface area contributed by atoms with Crippen LogP contribution in [0.5, 0.6) is 0 Å². The van der Waals surface area contributed by atoms with Crippen LogP contribution in [0.15, 0.2) is 24.3 Å². The molecule has 1 rings (SSSR count). The van der Waals surface area contributed by atoms with E-state index in [1.54, 1.807) is 0 Å². The first-order valence-corrected chi connectivity index (χ1v) is 5.07. The summed E-state index contributed by atoms with van der Waals surface area (Å²) in [5.41, 5.74) is 0.617. The summed E-state index contributed by atoms with van der Waals surface area (Å²) in [6.07, 6.45) is 6.80. The molecule has 84 valence electrons. The van der Waals surface area contributed by atoms with Crippen LogP contribution in [0.4, 0.5) is 4.39 Å².